The summed E-state index contributed by atoms with van der Waals surface area (Å²) in [6.07, 6.45) is 3.76. The van der Waals surface area contributed by atoms with E-state index < -0.39 is 0 Å². The molecule has 1 aliphatic heterocycles. The number of benzene rings is 2. The molecule has 5 nitrogen and oxygen atoms in total. The lowest BCUT2D eigenvalue weighted by atomic mass is 10.1. The van der Waals surface area contributed by atoms with Crippen LogP contribution in [0.25, 0.3) is 5.69 Å². The molecule has 1 atom stereocenters. The summed E-state index contributed by atoms with van der Waals surface area (Å²) in [4.78, 5) is 12.8. The third-order valence-corrected chi connectivity index (χ3v) is 5.35. The molecule has 2 aliphatic rings. The molecule has 0 saturated carbocycles. The Morgan fingerprint density at radius 1 is 1.11 bits per heavy atom. The highest BCUT2D eigenvalue weighted by Crippen LogP contribution is 2.29. The molecule has 1 N–H and O–H groups in total. The van der Waals surface area contributed by atoms with Crippen LogP contribution < -0.4 is 10.1 Å². The molecule has 136 valence electrons. The fourth-order valence-corrected chi connectivity index (χ4v) is 4.06. The van der Waals surface area contributed by atoms with E-state index in [-0.39, 0.29) is 12.0 Å². The van der Waals surface area contributed by atoms with E-state index in [1.165, 1.54) is 5.56 Å². The first-order chi connectivity index (χ1) is 13.3. The number of aromatic nitrogens is 2. The van der Waals surface area contributed by atoms with Gasteiger partial charge in [0.15, 0.2) is 5.69 Å². The van der Waals surface area contributed by atoms with Gasteiger partial charge < -0.3 is 10.1 Å². The Kier molecular flexibility index (Phi) is 3.93. The van der Waals surface area contributed by atoms with E-state index in [9.17, 15) is 4.79 Å². The molecule has 0 saturated heterocycles. The highest BCUT2D eigenvalue weighted by Gasteiger charge is 2.28. The van der Waals surface area contributed by atoms with Crippen molar-refractivity contribution in [1.29, 1.82) is 0 Å². The molecule has 0 bridgehead atoms. The van der Waals surface area contributed by atoms with Crippen LogP contribution in [0.1, 0.15) is 33.7 Å². The van der Waals surface area contributed by atoms with Gasteiger partial charge >= 0.3 is 0 Å². The second kappa shape index (κ2) is 6.58. The van der Waals surface area contributed by atoms with Crippen molar-refractivity contribution in [2.24, 2.45) is 0 Å². The molecule has 1 aromatic heterocycles. The van der Waals surface area contributed by atoms with Gasteiger partial charge in [-0.25, -0.2) is 4.68 Å². The zero-order chi connectivity index (χ0) is 18.2. The van der Waals surface area contributed by atoms with Crippen molar-refractivity contribution >= 4 is 5.91 Å². The molecule has 2 aromatic carbocycles. The number of nitrogens with zero attached hydrogens (tertiary/aromatic N) is 2. The number of hydrogen-bond donors (Lipinski definition) is 1. The Hall–Kier alpha value is -3.08. The first kappa shape index (κ1) is 16.1. The fraction of sp³-hybridized carbons (Fsp3) is 0.273. The van der Waals surface area contributed by atoms with Gasteiger partial charge in [0.1, 0.15) is 11.9 Å². The summed E-state index contributed by atoms with van der Waals surface area (Å²) in [5, 5.41) is 7.68. The number of carbonyl (C=O) groups is 1. The van der Waals surface area contributed by atoms with Crippen LogP contribution in [-0.2, 0) is 19.3 Å². The van der Waals surface area contributed by atoms with Crippen molar-refractivity contribution in [3.8, 4) is 11.4 Å². The Bertz CT molecular complexity index is 969. The molecule has 3 aromatic rings. The minimum absolute atomic E-state index is 0.0180. The van der Waals surface area contributed by atoms with Gasteiger partial charge in [-0.2, -0.15) is 5.10 Å². The Morgan fingerprint density at radius 2 is 1.93 bits per heavy atom. The molecule has 27 heavy (non-hydrogen) atoms. The van der Waals surface area contributed by atoms with Gasteiger partial charge in [0.25, 0.3) is 5.91 Å². The average molecular weight is 359 g/mol. The normalized spacial score (nSPS) is 17.3. The SMILES string of the molecule is O=C(NCC1Cc2ccccc2O1)c1nn(-c2ccccc2)c2c1CCC2. The van der Waals surface area contributed by atoms with E-state index in [2.05, 4.69) is 16.5 Å². The third-order valence-electron chi connectivity index (χ3n) is 5.35. The van der Waals surface area contributed by atoms with Crippen molar-refractivity contribution in [3.63, 3.8) is 0 Å². The fourth-order valence-electron chi connectivity index (χ4n) is 4.06. The van der Waals surface area contributed by atoms with E-state index in [1.54, 1.807) is 0 Å². The maximum absolute atomic E-state index is 12.8. The quantitative estimate of drug-likeness (QED) is 0.779. The van der Waals surface area contributed by atoms with Gasteiger partial charge in [0.05, 0.1) is 12.2 Å². The molecule has 0 radical (unpaired) electrons. The first-order valence-electron chi connectivity index (χ1n) is 9.48. The van der Waals surface area contributed by atoms with Crippen LogP contribution >= 0.6 is 0 Å². The lowest BCUT2D eigenvalue weighted by molar-refractivity contribution is 0.0927. The molecular weight excluding hydrogens is 338 g/mol. The molecule has 0 fully saturated rings. The lowest BCUT2D eigenvalue weighted by Crippen LogP contribution is -2.35. The van der Waals surface area contributed by atoms with Crippen molar-refractivity contribution in [2.45, 2.75) is 31.8 Å². The van der Waals surface area contributed by atoms with Crippen LogP contribution in [0.5, 0.6) is 5.75 Å². The number of ether oxygens (including phenoxy) is 1. The van der Waals surface area contributed by atoms with Crippen LogP contribution in [0.3, 0.4) is 0 Å². The minimum atomic E-state index is -0.109. The number of fused-ring (bicyclic) bond motifs is 2. The molecule has 1 unspecified atom stereocenters. The number of para-hydroxylation sites is 2. The standard InChI is InChI=1S/C22H21N3O2/c26-22(23-14-17-13-15-7-4-5-12-20(15)27-17)21-18-10-6-11-19(18)25(24-21)16-8-2-1-3-9-16/h1-5,7-9,12,17H,6,10-11,13-14H2,(H,23,26). The molecule has 5 rings (SSSR count). The van der Waals surface area contributed by atoms with E-state index in [4.69, 9.17) is 4.74 Å². The highest BCUT2D eigenvalue weighted by atomic mass is 16.5. The second-order valence-electron chi connectivity index (χ2n) is 7.14. The van der Waals surface area contributed by atoms with Crippen molar-refractivity contribution < 1.29 is 9.53 Å². The molecular formula is C22H21N3O2. The summed E-state index contributed by atoms with van der Waals surface area (Å²) in [7, 11) is 0. The van der Waals surface area contributed by atoms with Crippen molar-refractivity contribution in [3.05, 3.63) is 77.1 Å². The van der Waals surface area contributed by atoms with Gasteiger partial charge in [-0.3, -0.25) is 4.79 Å². The van der Waals surface area contributed by atoms with Crippen LogP contribution in [0, 0.1) is 0 Å². The number of hydrogen-bond acceptors (Lipinski definition) is 3. The van der Waals surface area contributed by atoms with E-state index in [0.717, 1.165) is 48.4 Å². The third kappa shape index (κ3) is 2.89. The minimum Gasteiger partial charge on any atom is -0.488 e. The summed E-state index contributed by atoms with van der Waals surface area (Å²) in [6, 6.07) is 18.1. The summed E-state index contributed by atoms with van der Waals surface area (Å²) in [5.74, 6) is 0.813. The Balaban J connectivity index is 1.33. The Labute approximate surface area is 158 Å². The van der Waals surface area contributed by atoms with E-state index in [1.807, 2.05) is 53.2 Å². The van der Waals surface area contributed by atoms with Gasteiger partial charge in [0, 0.05) is 17.7 Å². The van der Waals surface area contributed by atoms with Crippen LogP contribution in [-0.4, -0.2) is 28.3 Å². The van der Waals surface area contributed by atoms with Crippen LogP contribution in [0.15, 0.2) is 54.6 Å². The van der Waals surface area contributed by atoms with Crippen molar-refractivity contribution in [1.82, 2.24) is 15.1 Å². The first-order valence-corrected chi connectivity index (χ1v) is 9.48. The maximum atomic E-state index is 12.8. The molecule has 1 aliphatic carbocycles. The zero-order valence-electron chi connectivity index (χ0n) is 15.0. The summed E-state index contributed by atoms with van der Waals surface area (Å²) < 4.78 is 7.85. The number of amides is 1. The van der Waals surface area contributed by atoms with E-state index in [0.29, 0.717) is 12.2 Å². The molecule has 5 heteroatoms. The summed E-state index contributed by atoms with van der Waals surface area (Å²) >= 11 is 0. The van der Waals surface area contributed by atoms with Gasteiger partial charge in [0.2, 0.25) is 0 Å². The predicted octanol–water partition coefficient (Wildman–Crippen LogP) is 3.09. The highest BCUT2D eigenvalue weighted by molar-refractivity contribution is 5.94. The Morgan fingerprint density at radius 3 is 2.78 bits per heavy atom. The maximum Gasteiger partial charge on any atom is 0.272 e. The molecule has 0 spiro atoms. The number of rotatable bonds is 4. The topological polar surface area (TPSA) is 56.1 Å². The summed E-state index contributed by atoms with van der Waals surface area (Å²) in [5.41, 5.74) is 5.01. The van der Waals surface area contributed by atoms with Gasteiger partial charge in [-0.1, -0.05) is 36.4 Å². The second-order valence-corrected chi connectivity index (χ2v) is 7.14. The monoisotopic (exact) mass is 359 g/mol. The van der Waals surface area contributed by atoms with Crippen LogP contribution in [0.2, 0.25) is 0 Å². The average Bonchev–Trinajstić information content (AvgIpc) is 3.41. The largest absolute Gasteiger partial charge is 0.488 e. The summed E-state index contributed by atoms with van der Waals surface area (Å²) in [6.45, 7) is 0.487. The molecule has 1 amide bonds. The van der Waals surface area contributed by atoms with Gasteiger partial charge in [-0.05, 0) is 43.0 Å². The number of nitrogens with one attached hydrogen (secondary N) is 1. The van der Waals surface area contributed by atoms with E-state index >= 15 is 0 Å². The van der Waals surface area contributed by atoms with Crippen LogP contribution in [0.4, 0.5) is 0 Å². The zero-order valence-corrected chi connectivity index (χ0v) is 15.0. The number of carbonyl (C=O) groups excluding carboxylic acids is 1. The smallest absolute Gasteiger partial charge is 0.272 e. The van der Waals surface area contributed by atoms with Gasteiger partial charge in [-0.15, -0.1) is 0 Å². The lowest BCUT2D eigenvalue weighted by Gasteiger charge is -2.11. The van der Waals surface area contributed by atoms with Crippen molar-refractivity contribution in [2.75, 3.05) is 6.54 Å². The predicted molar refractivity (Wildman–Crippen MR) is 102 cm³/mol. The molecule has 2 heterocycles.